The van der Waals surface area contributed by atoms with Gasteiger partial charge in [0.2, 0.25) is 5.91 Å². The highest BCUT2D eigenvalue weighted by molar-refractivity contribution is 7.99. The van der Waals surface area contributed by atoms with Crippen LogP contribution in [0.4, 0.5) is 0 Å². The molecule has 3 aromatic heterocycles. The number of fused-ring (bicyclic) bond motifs is 1. The molecule has 1 N–H and O–H groups in total. The van der Waals surface area contributed by atoms with Crippen LogP contribution in [0.25, 0.3) is 11.0 Å². The zero-order chi connectivity index (χ0) is 20.3. The summed E-state index contributed by atoms with van der Waals surface area (Å²) in [7, 11) is 0. The van der Waals surface area contributed by atoms with Gasteiger partial charge >= 0.3 is 0 Å². The van der Waals surface area contributed by atoms with Crippen LogP contribution >= 0.6 is 11.8 Å². The molecule has 28 heavy (non-hydrogen) atoms. The van der Waals surface area contributed by atoms with E-state index in [1.165, 1.54) is 11.8 Å². The van der Waals surface area contributed by atoms with E-state index < -0.39 is 0 Å². The minimum atomic E-state index is -0.186. The van der Waals surface area contributed by atoms with Gasteiger partial charge in [-0.1, -0.05) is 18.7 Å². The number of carbonyl (C=O) groups excluding carboxylic acids is 1. The van der Waals surface area contributed by atoms with Crippen LogP contribution in [0.15, 0.2) is 32.8 Å². The number of aryl methyl sites for hydroxylation is 2. The first-order valence-electron chi connectivity index (χ1n) is 9.37. The Labute approximate surface area is 167 Å². The third kappa shape index (κ3) is 4.14. The van der Waals surface area contributed by atoms with Crippen molar-refractivity contribution in [2.45, 2.75) is 58.4 Å². The number of furan rings is 1. The van der Waals surface area contributed by atoms with Gasteiger partial charge in [0.25, 0.3) is 5.56 Å². The largest absolute Gasteiger partial charge is 0.467 e. The van der Waals surface area contributed by atoms with Gasteiger partial charge in [-0.15, -0.1) is 0 Å². The Morgan fingerprint density at radius 2 is 2.18 bits per heavy atom. The number of hydrogen-bond acceptors (Lipinski definition) is 6. The lowest BCUT2D eigenvalue weighted by Crippen LogP contribution is -2.33. The van der Waals surface area contributed by atoms with Gasteiger partial charge in [0.05, 0.1) is 24.3 Å². The lowest BCUT2D eigenvalue weighted by molar-refractivity contribution is -0.119. The number of aromatic nitrogens is 4. The van der Waals surface area contributed by atoms with Crippen LogP contribution in [-0.2, 0) is 17.9 Å². The van der Waals surface area contributed by atoms with Crippen molar-refractivity contribution in [2.24, 2.45) is 0 Å². The fraction of sp³-hybridized carbons (Fsp3) is 0.474. The molecule has 0 aliphatic carbocycles. The van der Waals surface area contributed by atoms with Gasteiger partial charge in [-0.3, -0.25) is 18.8 Å². The maximum absolute atomic E-state index is 13.2. The molecule has 8 nitrogen and oxygen atoms in total. The van der Waals surface area contributed by atoms with Crippen LogP contribution in [0.5, 0.6) is 0 Å². The normalized spacial score (nSPS) is 12.4. The van der Waals surface area contributed by atoms with E-state index in [0.29, 0.717) is 34.2 Å². The SMILES string of the molecule is CC[C@H](C)NC(=O)CSc1nc2c(C)nn(CC)c2c(=O)n1Cc1ccco1. The summed E-state index contributed by atoms with van der Waals surface area (Å²) in [6.45, 7) is 8.57. The van der Waals surface area contributed by atoms with Crippen molar-refractivity contribution in [3.63, 3.8) is 0 Å². The Hall–Kier alpha value is -2.55. The van der Waals surface area contributed by atoms with Gasteiger partial charge in [-0.2, -0.15) is 5.10 Å². The Morgan fingerprint density at radius 1 is 1.39 bits per heavy atom. The smallest absolute Gasteiger partial charge is 0.280 e. The van der Waals surface area contributed by atoms with Gasteiger partial charge in [0.15, 0.2) is 10.7 Å². The van der Waals surface area contributed by atoms with Crippen LogP contribution < -0.4 is 10.9 Å². The molecule has 0 saturated heterocycles. The molecule has 0 radical (unpaired) electrons. The van der Waals surface area contributed by atoms with Crippen LogP contribution in [0.2, 0.25) is 0 Å². The van der Waals surface area contributed by atoms with Crippen LogP contribution in [0, 0.1) is 6.92 Å². The molecular weight excluding hydrogens is 378 g/mol. The summed E-state index contributed by atoms with van der Waals surface area (Å²) in [5.74, 6) is 0.745. The monoisotopic (exact) mass is 403 g/mol. The summed E-state index contributed by atoms with van der Waals surface area (Å²) in [4.78, 5) is 30.1. The van der Waals surface area contributed by atoms with E-state index in [2.05, 4.69) is 15.4 Å². The molecule has 0 saturated carbocycles. The van der Waals surface area contributed by atoms with E-state index in [9.17, 15) is 9.59 Å². The average Bonchev–Trinajstić information content (AvgIpc) is 3.30. The van der Waals surface area contributed by atoms with Gasteiger partial charge in [-0.05, 0) is 39.3 Å². The second-order valence-electron chi connectivity index (χ2n) is 6.63. The van der Waals surface area contributed by atoms with Crippen LogP contribution in [0.1, 0.15) is 38.6 Å². The topological polar surface area (TPSA) is 95.0 Å². The standard InChI is InChI=1S/C19H25N5O3S/c1-5-12(3)20-15(25)11-28-19-21-16-13(4)22-24(6-2)17(16)18(26)23(19)10-14-8-7-9-27-14/h7-9,12H,5-6,10-11H2,1-4H3,(H,20,25)/t12-/m0/s1. The first kappa shape index (κ1) is 20.2. The van der Waals surface area contributed by atoms with E-state index >= 15 is 0 Å². The molecule has 3 aromatic rings. The minimum Gasteiger partial charge on any atom is -0.467 e. The molecule has 3 rings (SSSR count). The zero-order valence-electron chi connectivity index (χ0n) is 16.6. The second-order valence-corrected chi connectivity index (χ2v) is 7.57. The van der Waals surface area contributed by atoms with E-state index in [4.69, 9.17) is 4.42 Å². The minimum absolute atomic E-state index is 0.0841. The van der Waals surface area contributed by atoms with Crippen molar-refractivity contribution in [1.82, 2.24) is 24.6 Å². The van der Waals surface area contributed by atoms with Crippen LogP contribution in [0.3, 0.4) is 0 Å². The van der Waals surface area contributed by atoms with Gasteiger partial charge < -0.3 is 9.73 Å². The van der Waals surface area contributed by atoms with Gasteiger partial charge in [0, 0.05) is 12.6 Å². The average molecular weight is 404 g/mol. The number of amides is 1. The first-order valence-corrected chi connectivity index (χ1v) is 10.4. The molecular formula is C19H25N5O3S. The Kier molecular flexibility index (Phi) is 6.23. The molecule has 0 aliphatic heterocycles. The molecule has 0 fully saturated rings. The molecule has 0 spiro atoms. The highest BCUT2D eigenvalue weighted by Gasteiger charge is 2.19. The predicted molar refractivity (Wildman–Crippen MR) is 109 cm³/mol. The van der Waals surface area contributed by atoms with E-state index in [1.807, 2.05) is 33.8 Å². The highest BCUT2D eigenvalue weighted by Crippen LogP contribution is 2.21. The Balaban J connectivity index is 2.00. The lowest BCUT2D eigenvalue weighted by Gasteiger charge is -2.13. The molecule has 1 atom stereocenters. The molecule has 0 aromatic carbocycles. The maximum Gasteiger partial charge on any atom is 0.280 e. The maximum atomic E-state index is 13.2. The summed E-state index contributed by atoms with van der Waals surface area (Å²) in [6.07, 6.45) is 2.43. The first-order chi connectivity index (χ1) is 13.4. The quantitative estimate of drug-likeness (QED) is 0.459. The number of nitrogens with zero attached hydrogens (tertiary/aromatic N) is 4. The second kappa shape index (κ2) is 8.64. The van der Waals surface area contributed by atoms with Crippen molar-refractivity contribution in [2.75, 3.05) is 5.75 Å². The third-order valence-corrected chi connectivity index (χ3v) is 5.50. The number of rotatable bonds is 8. The van der Waals surface area contributed by atoms with Crippen LogP contribution in [-0.4, -0.2) is 37.0 Å². The number of carbonyl (C=O) groups is 1. The number of hydrogen-bond donors (Lipinski definition) is 1. The summed E-state index contributed by atoms with van der Waals surface area (Å²) < 4.78 is 8.64. The Bertz CT molecular complexity index is 1020. The molecule has 0 unspecified atom stereocenters. The van der Waals surface area contributed by atoms with Crippen molar-refractivity contribution < 1.29 is 9.21 Å². The molecule has 150 valence electrons. The fourth-order valence-corrected chi connectivity index (χ4v) is 3.68. The fourth-order valence-electron chi connectivity index (χ4n) is 2.87. The highest BCUT2D eigenvalue weighted by atomic mass is 32.2. The predicted octanol–water partition coefficient (Wildman–Crippen LogP) is 2.57. The summed E-state index contributed by atoms with van der Waals surface area (Å²) in [5.41, 5.74) is 1.56. The van der Waals surface area contributed by atoms with Crippen molar-refractivity contribution >= 4 is 28.7 Å². The van der Waals surface area contributed by atoms with Crippen molar-refractivity contribution in [3.8, 4) is 0 Å². The van der Waals surface area contributed by atoms with Crippen molar-refractivity contribution in [3.05, 3.63) is 40.2 Å². The summed E-state index contributed by atoms with van der Waals surface area (Å²) in [6, 6.07) is 3.70. The van der Waals surface area contributed by atoms with E-state index in [-0.39, 0.29) is 29.8 Å². The van der Waals surface area contributed by atoms with Gasteiger partial charge in [-0.25, -0.2) is 4.98 Å². The van der Waals surface area contributed by atoms with E-state index in [1.54, 1.807) is 21.6 Å². The molecule has 0 bridgehead atoms. The summed E-state index contributed by atoms with van der Waals surface area (Å²) >= 11 is 1.25. The zero-order valence-corrected chi connectivity index (χ0v) is 17.4. The molecule has 9 heteroatoms. The Morgan fingerprint density at radius 3 is 2.82 bits per heavy atom. The van der Waals surface area contributed by atoms with E-state index in [0.717, 1.165) is 6.42 Å². The third-order valence-electron chi connectivity index (χ3n) is 4.53. The molecule has 0 aliphatic rings. The number of nitrogens with one attached hydrogen (secondary N) is 1. The summed E-state index contributed by atoms with van der Waals surface area (Å²) in [5, 5.41) is 7.83. The van der Waals surface area contributed by atoms with Crippen molar-refractivity contribution in [1.29, 1.82) is 0 Å². The molecule has 3 heterocycles. The molecule has 1 amide bonds. The number of thioether (sulfide) groups is 1. The lowest BCUT2D eigenvalue weighted by atomic mass is 10.3. The van der Waals surface area contributed by atoms with Gasteiger partial charge in [0.1, 0.15) is 11.3 Å².